The van der Waals surface area contributed by atoms with Crippen LogP contribution in [-0.4, -0.2) is 25.8 Å². The van der Waals surface area contributed by atoms with Crippen molar-refractivity contribution in [3.8, 4) is 0 Å². The molecule has 2 unspecified atom stereocenters. The van der Waals surface area contributed by atoms with Crippen LogP contribution in [0.4, 0.5) is 0 Å². The quantitative estimate of drug-likeness (QED) is 0.111. The van der Waals surface area contributed by atoms with Gasteiger partial charge >= 0.3 is 5.97 Å². The van der Waals surface area contributed by atoms with Crippen molar-refractivity contribution in [2.75, 3.05) is 13.7 Å². The van der Waals surface area contributed by atoms with Gasteiger partial charge in [0.25, 0.3) is 0 Å². The van der Waals surface area contributed by atoms with Crippen molar-refractivity contribution in [2.24, 2.45) is 5.92 Å². The number of hydrogen-bond donors (Lipinski definition) is 0. The van der Waals surface area contributed by atoms with E-state index in [4.69, 9.17) is 9.47 Å². The van der Waals surface area contributed by atoms with Crippen LogP contribution in [0.5, 0.6) is 0 Å². The van der Waals surface area contributed by atoms with Gasteiger partial charge in [-0.1, -0.05) is 111 Å². The minimum Gasteiger partial charge on any atom is -0.465 e. The molecule has 186 valence electrons. The predicted octanol–water partition coefficient (Wildman–Crippen LogP) is 9.02. The molecule has 0 rings (SSSR count). The van der Waals surface area contributed by atoms with E-state index in [2.05, 4.69) is 20.8 Å². The highest BCUT2D eigenvalue weighted by molar-refractivity contribution is 5.69. The molecule has 0 fully saturated rings. The number of unbranched alkanes of at least 4 members (excludes halogenated alkanes) is 11. The lowest BCUT2D eigenvalue weighted by Gasteiger charge is -2.18. The van der Waals surface area contributed by atoms with Crippen molar-refractivity contribution in [3.05, 3.63) is 0 Å². The third-order valence-electron chi connectivity index (χ3n) is 6.53. The Morgan fingerprint density at radius 3 is 1.61 bits per heavy atom. The molecule has 31 heavy (non-hydrogen) atoms. The Hall–Kier alpha value is -0.570. The van der Waals surface area contributed by atoms with Gasteiger partial charge in [-0.2, -0.15) is 0 Å². The minimum atomic E-state index is -0.0117. The normalized spacial score (nSPS) is 13.3. The number of esters is 1. The molecule has 0 aromatic carbocycles. The zero-order valence-electron chi connectivity index (χ0n) is 21.7. The number of rotatable bonds is 24. The fourth-order valence-electron chi connectivity index (χ4n) is 4.32. The zero-order valence-corrected chi connectivity index (χ0v) is 21.7. The maximum atomic E-state index is 12.3. The summed E-state index contributed by atoms with van der Waals surface area (Å²) in [7, 11) is 1.80. The van der Waals surface area contributed by atoms with Crippen molar-refractivity contribution < 1.29 is 14.3 Å². The average molecular weight is 441 g/mol. The molecule has 0 radical (unpaired) electrons. The van der Waals surface area contributed by atoms with Gasteiger partial charge in [0.05, 0.1) is 12.7 Å². The molecule has 0 spiro atoms. The van der Waals surface area contributed by atoms with Crippen LogP contribution in [0.15, 0.2) is 0 Å². The topological polar surface area (TPSA) is 35.5 Å². The first-order valence-electron chi connectivity index (χ1n) is 13.9. The Bertz CT molecular complexity index is 369. The molecule has 0 saturated carbocycles. The molecule has 0 aliphatic heterocycles. The minimum absolute atomic E-state index is 0.0117. The first kappa shape index (κ1) is 30.4. The molecular formula is C28H56O3. The van der Waals surface area contributed by atoms with E-state index in [1.807, 2.05) is 0 Å². The number of ether oxygens (including phenoxy) is 2. The van der Waals surface area contributed by atoms with Gasteiger partial charge in [-0.15, -0.1) is 0 Å². The summed E-state index contributed by atoms with van der Waals surface area (Å²) in [6, 6.07) is 0. The van der Waals surface area contributed by atoms with E-state index in [9.17, 15) is 4.79 Å². The number of carbonyl (C=O) groups excluding carboxylic acids is 1. The number of methoxy groups -OCH3 is 1. The van der Waals surface area contributed by atoms with Crippen LogP contribution >= 0.6 is 0 Å². The molecule has 0 heterocycles. The van der Waals surface area contributed by atoms with Gasteiger partial charge in [0, 0.05) is 13.5 Å². The second kappa shape index (κ2) is 24.1. The summed E-state index contributed by atoms with van der Waals surface area (Å²) in [4.78, 5) is 12.3. The fraction of sp³-hybridized carbons (Fsp3) is 0.964. The Morgan fingerprint density at radius 1 is 0.613 bits per heavy atom. The van der Waals surface area contributed by atoms with Crippen LogP contribution in [0.2, 0.25) is 0 Å². The van der Waals surface area contributed by atoms with E-state index >= 15 is 0 Å². The summed E-state index contributed by atoms with van der Waals surface area (Å²) in [6.45, 7) is 7.39. The van der Waals surface area contributed by atoms with Gasteiger partial charge in [-0.05, 0) is 38.0 Å². The average Bonchev–Trinajstić information content (AvgIpc) is 2.78. The van der Waals surface area contributed by atoms with Gasteiger partial charge < -0.3 is 9.47 Å². The summed E-state index contributed by atoms with van der Waals surface area (Å²) < 4.78 is 11.3. The van der Waals surface area contributed by atoms with Crippen LogP contribution in [0.3, 0.4) is 0 Å². The summed E-state index contributed by atoms with van der Waals surface area (Å²) in [5, 5.41) is 0. The second-order valence-corrected chi connectivity index (χ2v) is 9.55. The maximum absolute atomic E-state index is 12.3. The smallest absolute Gasteiger partial charge is 0.305 e. The SMILES string of the molecule is CCCCCCCCC(CCCCCC)COC(=O)CCCC(CCCCCC)OC. The molecule has 3 heteroatoms. The maximum Gasteiger partial charge on any atom is 0.305 e. The highest BCUT2D eigenvalue weighted by atomic mass is 16.5. The van der Waals surface area contributed by atoms with Gasteiger partial charge in [0.2, 0.25) is 0 Å². The molecule has 2 atom stereocenters. The molecule has 0 amide bonds. The fourth-order valence-corrected chi connectivity index (χ4v) is 4.32. The van der Waals surface area contributed by atoms with E-state index < -0.39 is 0 Å². The third kappa shape index (κ3) is 21.1. The standard InChI is InChI=1S/C28H56O3/c1-5-8-11-14-15-17-21-26(20-16-12-9-6-2)25-31-28(29)24-19-23-27(30-4)22-18-13-10-7-3/h26-27H,5-25H2,1-4H3. The van der Waals surface area contributed by atoms with Crippen LogP contribution in [0.25, 0.3) is 0 Å². The van der Waals surface area contributed by atoms with Crippen LogP contribution in [0, 0.1) is 5.92 Å². The van der Waals surface area contributed by atoms with Crippen molar-refractivity contribution in [1.82, 2.24) is 0 Å². The second-order valence-electron chi connectivity index (χ2n) is 9.55. The highest BCUT2D eigenvalue weighted by Crippen LogP contribution is 2.20. The highest BCUT2D eigenvalue weighted by Gasteiger charge is 2.13. The summed E-state index contributed by atoms with van der Waals surface area (Å²) in [5.74, 6) is 0.541. The Balaban J connectivity index is 4.07. The van der Waals surface area contributed by atoms with Gasteiger partial charge in [-0.3, -0.25) is 4.79 Å². The Kier molecular flexibility index (Phi) is 23.6. The van der Waals surface area contributed by atoms with Gasteiger partial charge in [0.15, 0.2) is 0 Å². The zero-order chi connectivity index (χ0) is 23.0. The van der Waals surface area contributed by atoms with E-state index in [1.54, 1.807) is 7.11 Å². The monoisotopic (exact) mass is 440 g/mol. The lowest BCUT2D eigenvalue weighted by Crippen LogP contribution is -2.16. The first-order chi connectivity index (χ1) is 15.2. The molecular weight excluding hydrogens is 384 g/mol. The van der Waals surface area contributed by atoms with Crippen LogP contribution < -0.4 is 0 Å². The van der Waals surface area contributed by atoms with Crippen LogP contribution in [-0.2, 0) is 14.3 Å². The number of carbonyl (C=O) groups is 1. The van der Waals surface area contributed by atoms with Crippen molar-refractivity contribution >= 4 is 5.97 Å². The summed E-state index contributed by atoms with van der Waals surface area (Å²) >= 11 is 0. The van der Waals surface area contributed by atoms with Crippen molar-refractivity contribution in [3.63, 3.8) is 0 Å². The van der Waals surface area contributed by atoms with E-state index in [0.29, 0.717) is 25.0 Å². The molecule has 0 saturated heterocycles. The predicted molar refractivity (Wildman–Crippen MR) is 135 cm³/mol. The third-order valence-corrected chi connectivity index (χ3v) is 6.53. The number of hydrogen-bond acceptors (Lipinski definition) is 3. The molecule has 0 N–H and O–H groups in total. The van der Waals surface area contributed by atoms with Gasteiger partial charge in [-0.25, -0.2) is 0 Å². The Labute approximate surface area is 195 Å². The molecule has 0 aromatic rings. The van der Waals surface area contributed by atoms with Crippen LogP contribution in [0.1, 0.15) is 149 Å². The molecule has 0 aliphatic carbocycles. The van der Waals surface area contributed by atoms with E-state index in [-0.39, 0.29) is 5.97 Å². The van der Waals surface area contributed by atoms with E-state index in [1.165, 1.54) is 103 Å². The molecule has 0 aromatic heterocycles. The lowest BCUT2D eigenvalue weighted by molar-refractivity contribution is -0.145. The molecule has 0 bridgehead atoms. The summed E-state index contributed by atoms with van der Waals surface area (Å²) in [6.07, 6.45) is 24.5. The van der Waals surface area contributed by atoms with Crippen molar-refractivity contribution in [2.45, 2.75) is 155 Å². The summed E-state index contributed by atoms with van der Waals surface area (Å²) in [5.41, 5.74) is 0. The Morgan fingerprint density at radius 2 is 1.06 bits per heavy atom. The molecule has 3 nitrogen and oxygen atoms in total. The lowest BCUT2D eigenvalue weighted by atomic mass is 9.95. The van der Waals surface area contributed by atoms with E-state index in [0.717, 1.165) is 19.3 Å². The molecule has 0 aliphatic rings. The van der Waals surface area contributed by atoms with Crippen molar-refractivity contribution in [1.29, 1.82) is 0 Å². The van der Waals surface area contributed by atoms with Gasteiger partial charge in [0.1, 0.15) is 0 Å². The largest absolute Gasteiger partial charge is 0.465 e. The first-order valence-corrected chi connectivity index (χ1v) is 13.9.